The summed E-state index contributed by atoms with van der Waals surface area (Å²) in [5.74, 6) is 0.606. The average Bonchev–Trinajstić information content (AvgIpc) is 3.52. The molecule has 0 spiro atoms. The molecule has 10 heteroatoms. The van der Waals surface area contributed by atoms with Gasteiger partial charge in [-0.2, -0.15) is 0 Å². The minimum atomic E-state index is -0.966. The van der Waals surface area contributed by atoms with Gasteiger partial charge in [0.25, 0.3) is 0 Å². The summed E-state index contributed by atoms with van der Waals surface area (Å²) in [4.78, 5) is 21.0. The van der Waals surface area contributed by atoms with Gasteiger partial charge in [0, 0.05) is 36.0 Å². The molecule has 0 saturated carbocycles. The fourth-order valence-electron chi connectivity index (χ4n) is 6.60. The first-order chi connectivity index (χ1) is 23.6. The summed E-state index contributed by atoms with van der Waals surface area (Å²) in [6, 6.07) is 13.6. The normalized spacial score (nSPS) is 16.1. The number of hydrogen-bond acceptors (Lipinski definition) is 9. The molecule has 0 aliphatic carbocycles. The Balaban J connectivity index is 1.59. The van der Waals surface area contributed by atoms with Crippen molar-refractivity contribution in [3.8, 4) is 28.1 Å². The van der Waals surface area contributed by atoms with Crippen molar-refractivity contribution in [2.24, 2.45) is 0 Å². The van der Waals surface area contributed by atoms with E-state index in [1.807, 2.05) is 84.1 Å². The molecular formula is C40H53N3O7. The number of aryl methyl sites for hydroxylation is 2. The van der Waals surface area contributed by atoms with Crippen molar-refractivity contribution in [2.45, 2.75) is 91.6 Å². The maximum atomic E-state index is 13.5. The van der Waals surface area contributed by atoms with E-state index in [-0.39, 0.29) is 18.0 Å². The summed E-state index contributed by atoms with van der Waals surface area (Å²) in [5.41, 5.74) is 6.83. The van der Waals surface area contributed by atoms with Crippen LogP contribution in [0.3, 0.4) is 0 Å². The summed E-state index contributed by atoms with van der Waals surface area (Å²) >= 11 is 0. The Morgan fingerprint density at radius 3 is 2.38 bits per heavy atom. The highest BCUT2D eigenvalue weighted by atomic mass is 16.6. The van der Waals surface area contributed by atoms with Gasteiger partial charge in [0.05, 0.1) is 49.9 Å². The van der Waals surface area contributed by atoms with E-state index in [4.69, 9.17) is 23.9 Å². The molecule has 3 heterocycles. The second-order valence-electron chi connectivity index (χ2n) is 14.8. The topological polar surface area (TPSA) is 115 Å². The van der Waals surface area contributed by atoms with Crippen LogP contribution in [0, 0.1) is 20.8 Å². The summed E-state index contributed by atoms with van der Waals surface area (Å²) in [5, 5.41) is 20.2. The van der Waals surface area contributed by atoms with Gasteiger partial charge in [-0.15, -0.1) is 0 Å². The molecule has 2 N–H and O–H groups in total. The van der Waals surface area contributed by atoms with Crippen molar-refractivity contribution in [3.63, 3.8) is 0 Å². The molecule has 0 amide bonds. The third-order valence-corrected chi connectivity index (χ3v) is 9.41. The smallest absolute Gasteiger partial charge is 0.339 e. The van der Waals surface area contributed by atoms with Crippen LogP contribution in [0.15, 0.2) is 48.7 Å². The third-order valence-electron chi connectivity index (χ3n) is 9.41. The van der Waals surface area contributed by atoms with E-state index >= 15 is 0 Å². The highest BCUT2D eigenvalue weighted by molar-refractivity contribution is 5.82. The lowest BCUT2D eigenvalue weighted by atomic mass is 9.92. The zero-order chi connectivity index (χ0) is 36.4. The first-order valence-electron chi connectivity index (χ1n) is 17.4. The van der Waals surface area contributed by atoms with E-state index in [0.29, 0.717) is 26.3 Å². The number of anilines is 1. The number of methoxy groups -OCH3 is 1. The Kier molecular flexibility index (Phi) is 11.3. The number of carbonyl (C=O) groups is 1. The molecule has 2 aromatic carbocycles. The van der Waals surface area contributed by atoms with Gasteiger partial charge in [-0.05, 0) is 103 Å². The maximum Gasteiger partial charge on any atom is 0.339 e. The molecular weight excluding hydrogens is 634 g/mol. The molecule has 4 aromatic rings. The number of ether oxygens (including phenoxy) is 4. The number of phenols is 1. The van der Waals surface area contributed by atoms with Crippen LogP contribution in [0.2, 0.25) is 0 Å². The van der Waals surface area contributed by atoms with E-state index in [2.05, 4.69) is 16.2 Å². The van der Waals surface area contributed by atoms with E-state index in [1.54, 1.807) is 13.0 Å². The number of piperidine rings is 1. The second kappa shape index (κ2) is 15.1. The predicted molar refractivity (Wildman–Crippen MR) is 196 cm³/mol. The number of fused-ring (bicyclic) bond motifs is 1. The first kappa shape index (κ1) is 37.3. The van der Waals surface area contributed by atoms with Crippen LogP contribution in [-0.2, 0) is 23.7 Å². The molecule has 50 heavy (non-hydrogen) atoms. The summed E-state index contributed by atoms with van der Waals surface area (Å²) in [6.07, 6.45) is 2.06. The van der Waals surface area contributed by atoms with Gasteiger partial charge >= 0.3 is 5.97 Å². The first-order valence-corrected chi connectivity index (χ1v) is 17.4. The van der Waals surface area contributed by atoms with E-state index in [9.17, 15) is 15.0 Å². The maximum absolute atomic E-state index is 13.5. The van der Waals surface area contributed by atoms with Crippen molar-refractivity contribution in [1.29, 1.82) is 0 Å². The van der Waals surface area contributed by atoms with Gasteiger partial charge in [0.15, 0.2) is 6.10 Å². The van der Waals surface area contributed by atoms with Crippen LogP contribution in [0.1, 0.15) is 75.8 Å². The number of aliphatic hydroxyl groups excluding tert-OH is 1. The largest absolute Gasteiger partial charge is 0.507 e. The van der Waals surface area contributed by atoms with Gasteiger partial charge in [-0.25, -0.2) is 9.78 Å². The highest BCUT2D eigenvalue weighted by Crippen LogP contribution is 2.41. The van der Waals surface area contributed by atoms with Crippen molar-refractivity contribution >= 4 is 17.4 Å². The minimum absolute atomic E-state index is 0.224. The monoisotopic (exact) mass is 687 g/mol. The van der Waals surface area contributed by atoms with Crippen LogP contribution in [0.4, 0.5) is 5.82 Å². The summed E-state index contributed by atoms with van der Waals surface area (Å²) in [6.45, 7) is 18.2. The lowest BCUT2D eigenvalue weighted by Gasteiger charge is -2.42. The molecule has 0 bridgehead atoms. The number of aliphatic hydroxyl groups is 1. The lowest BCUT2D eigenvalue weighted by molar-refractivity contribution is -0.164. The number of hydrogen-bond donors (Lipinski definition) is 2. The number of carbonyl (C=O) groups excluding carboxylic acids is 1. The van der Waals surface area contributed by atoms with Gasteiger partial charge in [-0.3, -0.25) is 4.40 Å². The number of aromatic hydroxyl groups is 1. The number of imidazole rings is 1. The molecule has 5 rings (SSSR count). The van der Waals surface area contributed by atoms with Crippen molar-refractivity contribution < 1.29 is 34.0 Å². The fourth-order valence-corrected chi connectivity index (χ4v) is 6.60. The van der Waals surface area contributed by atoms with Crippen LogP contribution >= 0.6 is 0 Å². The number of nitrogens with zero attached hydrogens (tertiary/aromatic N) is 3. The SMILES string of the molecule is COC(=O)C(OC(C)(C)C)c1c(C)c(C)c2nc(-c3cccc(-c4cc(C)ccc4O)c3)cn2c1N1CCC(C)(OCCOC[C@@H](C)O)CC1. The Morgan fingerprint density at radius 1 is 1.02 bits per heavy atom. The Labute approximate surface area is 296 Å². The number of benzene rings is 2. The number of esters is 1. The van der Waals surface area contributed by atoms with E-state index in [1.165, 1.54) is 7.11 Å². The molecule has 2 aromatic heterocycles. The molecule has 1 aliphatic heterocycles. The molecule has 1 fully saturated rings. The number of rotatable bonds is 12. The second-order valence-corrected chi connectivity index (χ2v) is 14.8. The predicted octanol–water partition coefficient (Wildman–Crippen LogP) is 7.10. The molecule has 1 unspecified atom stereocenters. The van der Waals surface area contributed by atoms with E-state index < -0.39 is 23.8 Å². The number of aromatic nitrogens is 2. The van der Waals surface area contributed by atoms with Crippen LogP contribution in [0.25, 0.3) is 28.0 Å². The number of pyridine rings is 1. The standard InChI is InChI=1S/C40H53N3O7/c1-25-13-14-33(45)31(21-25)29-11-10-12-30(22-29)32-23-43-36(41-32)28(4)27(3)34(35(38(46)47-9)50-39(5,6)7)37(43)42-17-15-40(8,16-18-42)49-20-19-48-24-26(2)44/h10-14,21-23,26,35,44-45H,15-20,24H2,1-9H3/t26-,35?/m1/s1. The molecule has 2 atom stereocenters. The Morgan fingerprint density at radius 2 is 1.72 bits per heavy atom. The number of phenolic OH excluding ortho intramolecular Hbond substituents is 1. The van der Waals surface area contributed by atoms with Crippen LogP contribution in [0.5, 0.6) is 5.75 Å². The van der Waals surface area contributed by atoms with Gasteiger partial charge < -0.3 is 34.1 Å². The average molecular weight is 688 g/mol. The van der Waals surface area contributed by atoms with E-state index in [0.717, 1.165) is 68.9 Å². The van der Waals surface area contributed by atoms with Gasteiger partial charge in [0.2, 0.25) is 0 Å². The lowest BCUT2D eigenvalue weighted by Crippen LogP contribution is -2.46. The molecule has 1 aliphatic rings. The van der Waals surface area contributed by atoms with Crippen molar-refractivity contribution in [3.05, 3.63) is 70.9 Å². The summed E-state index contributed by atoms with van der Waals surface area (Å²) in [7, 11) is 1.39. The van der Waals surface area contributed by atoms with Gasteiger partial charge in [0.1, 0.15) is 17.2 Å². The minimum Gasteiger partial charge on any atom is -0.507 e. The van der Waals surface area contributed by atoms with Gasteiger partial charge in [-0.1, -0.05) is 29.8 Å². The zero-order valence-corrected chi connectivity index (χ0v) is 31.0. The molecule has 1 saturated heterocycles. The zero-order valence-electron chi connectivity index (χ0n) is 31.0. The Hall–Kier alpha value is -3.96. The van der Waals surface area contributed by atoms with Crippen LogP contribution < -0.4 is 4.90 Å². The molecule has 270 valence electrons. The highest BCUT2D eigenvalue weighted by Gasteiger charge is 2.38. The fraction of sp³-hybridized carbons (Fsp3) is 0.500. The third kappa shape index (κ3) is 8.32. The van der Waals surface area contributed by atoms with Crippen LogP contribution in [-0.4, -0.2) is 82.9 Å². The van der Waals surface area contributed by atoms with Crippen molar-refractivity contribution in [2.75, 3.05) is 44.9 Å². The molecule has 0 radical (unpaired) electrons. The quantitative estimate of drug-likeness (QED) is 0.119. The Bertz CT molecular complexity index is 1820. The molecule has 10 nitrogen and oxygen atoms in total. The van der Waals surface area contributed by atoms with Crippen molar-refractivity contribution in [1.82, 2.24) is 9.38 Å². The summed E-state index contributed by atoms with van der Waals surface area (Å²) < 4.78 is 25.8.